The van der Waals surface area contributed by atoms with Gasteiger partial charge in [-0.05, 0) is 39.7 Å². The lowest BCUT2D eigenvalue weighted by molar-refractivity contribution is 0.0701. The van der Waals surface area contributed by atoms with Crippen LogP contribution in [0.4, 0.5) is 0 Å². The Bertz CT molecular complexity index is 577. The first-order valence-corrected chi connectivity index (χ1v) is 8.99. The van der Waals surface area contributed by atoms with E-state index in [1.54, 1.807) is 6.92 Å². The van der Waals surface area contributed by atoms with Gasteiger partial charge in [-0.3, -0.25) is 0 Å². The van der Waals surface area contributed by atoms with Crippen molar-refractivity contribution >= 4 is 27.3 Å². The number of hydrogen-bond donors (Lipinski definition) is 2. The Balaban J connectivity index is 2.52. The van der Waals surface area contributed by atoms with Crippen molar-refractivity contribution in [3.63, 3.8) is 0 Å². The van der Waals surface area contributed by atoms with Crippen LogP contribution in [0.1, 0.15) is 41.2 Å². The molecule has 0 spiro atoms. The second-order valence-electron chi connectivity index (χ2n) is 4.86. The van der Waals surface area contributed by atoms with E-state index >= 15 is 0 Å². The van der Waals surface area contributed by atoms with Crippen LogP contribution in [-0.4, -0.2) is 38.7 Å². The molecule has 21 heavy (non-hydrogen) atoms. The molecule has 0 radical (unpaired) electrons. The predicted molar refractivity (Wildman–Crippen MR) is 81.5 cm³/mol. The van der Waals surface area contributed by atoms with E-state index in [1.807, 2.05) is 13.8 Å². The molecule has 6 nitrogen and oxygen atoms in total. The van der Waals surface area contributed by atoms with Gasteiger partial charge in [0.05, 0.1) is 11.0 Å². The molecule has 0 atom stereocenters. The van der Waals surface area contributed by atoms with Gasteiger partial charge in [0.25, 0.3) is 0 Å². The highest BCUT2D eigenvalue weighted by molar-refractivity contribution is 7.89. The second-order valence-corrected chi connectivity index (χ2v) is 7.85. The molecule has 0 aliphatic heterocycles. The Morgan fingerprint density at radius 1 is 1.43 bits per heavy atom. The van der Waals surface area contributed by atoms with Crippen LogP contribution in [0.15, 0.2) is 11.0 Å². The highest BCUT2D eigenvalue weighted by Gasteiger charge is 2.21. The number of rotatable bonds is 9. The van der Waals surface area contributed by atoms with Crippen LogP contribution >= 0.6 is 11.3 Å². The van der Waals surface area contributed by atoms with Crippen LogP contribution < -0.4 is 4.72 Å². The minimum absolute atomic E-state index is 0.0261. The molecule has 0 amide bonds. The highest BCUT2D eigenvalue weighted by atomic mass is 32.2. The second kappa shape index (κ2) is 7.88. The molecule has 8 heteroatoms. The largest absolute Gasteiger partial charge is 0.477 e. The molecule has 0 bridgehead atoms. The fourth-order valence-electron chi connectivity index (χ4n) is 1.67. The van der Waals surface area contributed by atoms with Crippen molar-refractivity contribution in [3.05, 3.63) is 15.8 Å². The summed E-state index contributed by atoms with van der Waals surface area (Å²) in [5.41, 5.74) is 0. The first-order valence-electron chi connectivity index (χ1n) is 6.69. The van der Waals surface area contributed by atoms with E-state index in [9.17, 15) is 13.2 Å². The van der Waals surface area contributed by atoms with Crippen molar-refractivity contribution < 1.29 is 23.1 Å². The molecule has 0 fully saturated rings. The monoisotopic (exact) mass is 335 g/mol. The first kappa shape index (κ1) is 18.1. The third kappa shape index (κ3) is 5.74. The van der Waals surface area contributed by atoms with Crippen LogP contribution in [0, 0.1) is 6.92 Å². The van der Waals surface area contributed by atoms with Crippen molar-refractivity contribution in [1.29, 1.82) is 0 Å². The van der Waals surface area contributed by atoms with E-state index < -0.39 is 16.0 Å². The summed E-state index contributed by atoms with van der Waals surface area (Å²) >= 11 is 0.961. The average Bonchev–Trinajstić information content (AvgIpc) is 2.76. The summed E-state index contributed by atoms with van der Waals surface area (Å²) in [4.78, 5) is 11.4. The molecule has 0 saturated carbocycles. The minimum atomic E-state index is -3.65. The van der Waals surface area contributed by atoms with Gasteiger partial charge in [-0.15, -0.1) is 11.3 Å². The molecular weight excluding hydrogens is 314 g/mol. The van der Waals surface area contributed by atoms with Crippen LogP contribution in [-0.2, 0) is 14.8 Å². The third-order valence-electron chi connectivity index (χ3n) is 2.69. The van der Waals surface area contributed by atoms with Gasteiger partial charge < -0.3 is 9.84 Å². The van der Waals surface area contributed by atoms with Gasteiger partial charge in [-0.2, -0.15) is 0 Å². The summed E-state index contributed by atoms with van der Waals surface area (Å²) in [5, 5.41) is 8.89. The Kier molecular flexibility index (Phi) is 6.79. The van der Waals surface area contributed by atoms with E-state index in [4.69, 9.17) is 9.84 Å². The van der Waals surface area contributed by atoms with Crippen molar-refractivity contribution in [2.45, 2.75) is 44.6 Å². The van der Waals surface area contributed by atoms with Crippen LogP contribution in [0.5, 0.6) is 0 Å². The SMILES string of the molecule is Cc1sc(C(=O)O)cc1S(=O)(=O)NCCCCOC(C)C. The maximum Gasteiger partial charge on any atom is 0.345 e. The maximum absolute atomic E-state index is 12.1. The Labute approximate surface area is 129 Å². The number of sulfonamides is 1. The molecule has 2 N–H and O–H groups in total. The van der Waals surface area contributed by atoms with Gasteiger partial charge >= 0.3 is 5.97 Å². The van der Waals surface area contributed by atoms with Crippen molar-refractivity contribution in [3.8, 4) is 0 Å². The molecule has 0 aliphatic carbocycles. The standard InChI is InChI=1S/C13H21NO5S2/c1-9(2)19-7-5-4-6-14-21(17,18)12-8-11(13(15)16)20-10(12)3/h8-9,14H,4-7H2,1-3H3,(H,15,16). The van der Waals surface area contributed by atoms with E-state index in [-0.39, 0.29) is 15.9 Å². The number of aryl methyl sites for hydroxylation is 1. The van der Waals surface area contributed by atoms with Crippen molar-refractivity contribution in [2.75, 3.05) is 13.2 Å². The summed E-state index contributed by atoms with van der Waals surface area (Å²) in [5.74, 6) is -1.12. The van der Waals surface area contributed by atoms with Crippen molar-refractivity contribution in [2.24, 2.45) is 0 Å². The summed E-state index contributed by atoms with van der Waals surface area (Å²) in [6, 6.07) is 1.20. The lowest BCUT2D eigenvalue weighted by Crippen LogP contribution is -2.25. The summed E-state index contributed by atoms with van der Waals surface area (Å²) in [6.45, 7) is 6.40. The number of ether oxygens (including phenoxy) is 1. The molecule has 0 aromatic carbocycles. The molecule has 1 aromatic heterocycles. The fourth-order valence-corrected chi connectivity index (χ4v) is 4.17. The normalized spacial score (nSPS) is 12.0. The van der Waals surface area contributed by atoms with E-state index in [0.717, 1.165) is 17.8 Å². The molecule has 1 aromatic rings. The number of carbonyl (C=O) groups is 1. The number of unbranched alkanes of at least 4 members (excludes halogenated alkanes) is 1. The third-order valence-corrected chi connectivity index (χ3v) is 5.44. The molecular formula is C13H21NO5S2. The van der Waals surface area contributed by atoms with Crippen molar-refractivity contribution in [1.82, 2.24) is 4.72 Å². The topological polar surface area (TPSA) is 92.7 Å². The zero-order valence-electron chi connectivity index (χ0n) is 12.4. The zero-order valence-corrected chi connectivity index (χ0v) is 14.0. The number of carboxylic acids is 1. The first-order chi connectivity index (χ1) is 9.74. The van der Waals surface area contributed by atoms with Gasteiger partial charge in [0.2, 0.25) is 10.0 Å². The van der Waals surface area contributed by atoms with Crippen LogP contribution in [0.25, 0.3) is 0 Å². The average molecular weight is 335 g/mol. The maximum atomic E-state index is 12.1. The summed E-state index contributed by atoms with van der Waals surface area (Å²) in [7, 11) is -3.65. The molecule has 0 aliphatic rings. The van der Waals surface area contributed by atoms with E-state index in [2.05, 4.69) is 4.72 Å². The molecule has 120 valence electrons. The smallest absolute Gasteiger partial charge is 0.345 e. The zero-order chi connectivity index (χ0) is 16.0. The number of nitrogens with one attached hydrogen (secondary N) is 1. The molecule has 0 saturated heterocycles. The quantitative estimate of drug-likeness (QED) is 0.675. The Morgan fingerprint density at radius 2 is 2.10 bits per heavy atom. The van der Waals surface area contributed by atoms with Gasteiger partial charge in [0, 0.05) is 18.0 Å². The number of hydrogen-bond acceptors (Lipinski definition) is 5. The summed E-state index contributed by atoms with van der Waals surface area (Å²) < 4.78 is 32.1. The molecule has 1 rings (SSSR count). The lowest BCUT2D eigenvalue weighted by Gasteiger charge is -2.08. The molecule has 0 unspecified atom stereocenters. The Hall–Kier alpha value is -0.960. The number of thiophene rings is 1. The lowest BCUT2D eigenvalue weighted by atomic mass is 10.3. The molecule has 1 heterocycles. The van der Waals surface area contributed by atoms with E-state index in [0.29, 0.717) is 24.4 Å². The Morgan fingerprint density at radius 3 is 2.62 bits per heavy atom. The predicted octanol–water partition coefficient (Wildman–Crippen LogP) is 2.24. The van der Waals surface area contributed by atoms with E-state index in [1.165, 1.54) is 6.07 Å². The van der Waals surface area contributed by atoms with Gasteiger partial charge in [0.1, 0.15) is 4.88 Å². The van der Waals surface area contributed by atoms with Crippen LogP contribution in [0.2, 0.25) is 0 Å². The minimum Gasteiger partial charge on any atom is -0.477 e. The highest BCUT2D eigenvalue weighted by Crippen LogP contribution is 2.25. The summed E-state index contributed by atoms with van der Waals surface area (Å²) in [6.07, 6.45) is 1.61. The number of carboxylic acid groups (broad SMARTS) is 1. The fraction of sp³-hybridized carbons (Fsp3) is 0.615. The number of aromatic carboxylic acids is 1. The van der Waals surface area contributed by atoms with Crippen LogP contribution in [0.3, 0.4) is 0 Å². The van der Waals surface area contributed by atoms with Gasteiger partial charge in [0.15, 0.2) is 0 Å². The van der Waals surface area contributed by atoms with Gasteiger partial charge in [-0.25, -0.2) is 17.9 Å². The van der Waals surface area contributed by atoms with Gasteiger partial charge in [-0.1, -0.05) is 0 Å².